The highest BCUT2D eigenvalue weighted by Gasteiger charge is 2.14. The Morgan fingerprint density at radius 3 is 2.84 bits per heavy atom. The molecule has 0 fully saturated rings. The number of aromatic nitrogens is 1. The molecule has 2 aromatic rings. The normalized spacial score (nSPS) is 9.89. The summed E-state index contributed by atoms with van der Waals surface area (Å²) in [5.41, 5.74) is 1.58. The van der Waals surface area contributed by atoms with Crippen LogP contribution in [0, 0.1) is 18.3 Å². The number of hydrogen-bond donors (Lipinski definition) is 1. The zero-order valence-corrected chi connectivity index (χ0v) is 10.9. The number of carboxylic acids is 1. The van der Waals surface area contributed by atoms with Gasteiger partial charge >= 0.3 is 5.97 Å². The van der Waals surface area contributed by atoms with E-state index in [1.807, 2.05) is 13.0 Å². The van der Waals surface area contributed by atoms with Gasteiger partial charge in [0.25, 0.3) is 0 Å². The highest BCUT2D eigenvalue weighted by molar-refractivity contribution is 7.99. The van der Waals surface area contributed by atoms with Crippen LogP contribution in [0.2, 0.25) is 0 Å². The summed E-state index contributed by atoms with van der Waals surface area (Å²) < 4.78 is 0. The quantitative estimate of drug-likeness (QED) is 0.927. The van der Waals surface area contributed by atoms with Gasteiger partial charge in [0.2, 0.25) is 0 Å². The third kappa shape index (κ3) is 2.75. The molecule has 4 nitrogen and oxygen atoms in total. The molecule has 0 radical (unpaired) electrons. The Morgan fingerprint density at radius 1 is 1.37 bits per heavy atom. The molecule has 0 saturated carbocycles. The first kappa shape index (κ1) is 13.1. The van der Waals surface area contributed by atoms with Crippen LogP contribution in [0.1, 0.15) is 21.5 Å². The molecule has 0 saturated heterocycles. The zero-order chi connectivity index (χ0) is 13.8. The molecule has 5 heteroatoms. The highest BCUT2D eigenvalue weighted by atomic mass is 32.2. The van der Waals surface area contributed by atoms with Crippen LogP contribution >= 0.6 is 11.8 Å². The van der Waals surface area contributed by atoms with Gasteiger partial charge in [0, 0.05) is 11.1 Å². The smallest absolute Gasteiger partial charge is 0.338 e. The van der Waals surface area contributed by atoms with E-state index < -0.39 is 5.97 Å². The molecule has 1 aromatic heterocycles. The van der Waals surface area contributed by atoms with Gasteiger partial charge in [0.1, 0.15) is 11.1 Å². The summed E-state index contributed by atoms with van der Waals surface area (Å²) in [5.74, 6) is -1.03. The van der Waals surface area contributed by atoms with Crippen molar-refractivity contribution in [1.82, 2.24) is 4.98 Å². The maximum absolute atomic E-state index is 11.1. The molecule has 0 unspecified atom stereocenters. The van der Waals surface area contributed by atoms with Gasteiger partial charge in [-0.3, -0.25) is 0 Å². The Bertz CT molecular complexity index is 677. The minimum atomic E-state index is -1.03. The lowest BCUT2D eigenvalue weighted by Gasteiger charge is -2.08. The molecule has 2 rings (SSSR count). The molecule has 1 aromatic carbocycles. The highest BCUT2D eigenvalue weighted by Crippen LogP contribution is 2.33. The van der Waals surface area contributed by atoms with Crippen LogP contribution in [-0.2, 0) is 0 Å². The van der Waals surface area contributed by atoms with Crippen LogP contribution in [0.3, 0.4) is 0 Å². The number of nitriles is 1. The third-order valence-electron chi connectivity index (χ3n) is 2.53. The number of benzene rings is 1. The van der Waals surface area contributed by atoms with Gasteiger partial charge in [-0.1, -0.05) is 23.9 Å². The molecule has 1 heterocycles. The summed E-state index contributed by atoms with van der Waals surface area (Å²) in [5, 5.41) is 18.6. The number of pyridine rings is 1. The van der Waals surface area contributed by atoms with Crippen molar-refractivity contribution in [3.63, 3.8) is 0 Å². The first-order chi connectivity index (χ1) is 9.13. The molecule has 0 aliphatic rings. The van der Waals surface area contributed by atoms with Crippen LogP contribution in [-0.4, -0.2) is 16.1 Å². The van der Waals surface area contributed by atoms with Gasteiger partial charge in [-0.05, 0) is 30.7 Å². The standard InChI is InChI=1S/C14H10N2O2S/c1-9-4-2-5-10(8-15)12(9)19-13-11(14(17)18)6-3-7-16-13/h2-7H,1H3,(H,17,18). The summed E-state index contributed by atoms with van der Waals surface area (Å²) >= 11 is 1.21. The molecule has 94 valence electrons. The number of carboxylic acid groups (broad SMARTS) is 1. The van der Waals surface area contributed by atoms with E-state index in [9.17, 15) is 4.79 Å². The minimum absolute atomic E-state index is 0.139. The van der Waals surface area contributed by atoms with Gasteiger partial charge < -0.3 is 5.11 Å². The lowest BCUT2D eigenvalue weighted by Crippen LogP contribution is -2.00. The van der Waals surface area contributed by atoms with Crippen molar-refractivity contribution in [2.45, 2.75) is 16.8 Å². The fourth-order valence-corrected chi connectivity index (χ4v) is 2.63. The van der Waals surface area contributed by atoms with Crippen LogP contribution < -0.4 is 0 Å². The molecule has 0 aliphatic heterocycles. The topological polar surface area (TPSA) is 74.0 Å². The van der Waals surface area contributed by atoms with Crippen LogP contribution in [0.25, 0.3) is 0 Å². The number of nitrogens with zero attached hydrogens (tertiary/aromatic N) is 2. The Balaban J connectivity index is 2.49. The van der Waals surface area contributed by atoms with Crippen molar-refractivity contribution in [1.29, 1.82) is 5.26 Å². The summed E-state index contributed by atoms with van der Waals surface area (Å²) in [7, 11) is 0. The summed E-state index contributed by atoms with van der Waals surface area (Å²) in [6.45, 7) is 1.88. The van der Waals surface area contributed by atoms with Gasteiger partial charge in [-0.2, -0.15) is 5.26 Å². The summed E-state index contributed by atoms with van der Waals surface area (Å²) in [6.07, 6.45) is 1.54. The van der Waals surface area contributed by atoms with Crippen molar-refractivity contribution < 1.29 is 9.90 Å². The van der Waals surface area contributed by atoms with Gasteiger partial charge in [0.05, 0.1) is 11.1 Å². The van der Waals surface area contributed by atoms with Crippen molar-refractivity contribution in [3.05, 3.63) is 53.2 Å². The van der Waals surface area contributed by atoms with E-state index in [-0.39, 0.29) is 5.56 Å². The van der Waals surface area contributed by atoms with Crippen LogP contribution in [0.15, 0.2) is 46.5 Å². The lowest BCUT2D eigenvalue weighted by molar-refractivity contribution is 0.0692. The summed E-state index contributed by atoms with van der Waals surface area (Å²) in [4.78, 5) is 16.0. The molecular weight excluding hydrogens is 260 g/mol. The fourth-order valence-electron chi connectivity index (χ4n) is 1.61. The maximum atomic E-state index is 11.1. The van der Waals surface area contributed by atoms with E-state index in [2.05, 4.69) is 11.1 Å². The van der Waals surface area contributed by atoms with Crippen LogP contribution in [0.4, 0.5) is 0 Å². The number of carbonyl (C=O) groups is 1. The monoisotopic (exact) mass is 270 g/mol. The largest absolute Gasteiger partial charge is 0.478 e. The number of aromatic carboxylic acids is 1. The van der Waals surface area contributed by atoms with Crippen LogP contribution in [0.5, 0.6) is 0 Å². The minimum Gasteiger partial charge on any atom is -0.478 e. The molecule has 0 amide bonds. The molecule has 0 spiro atoms. The fraction of sp³-hybridized carbons (Fsp3) is 0.0714. The number of rotatable bonds is 3. The molecule has 0 atom stereocenters. The second kappa shape index (κ2) is 5.55. The first-order valence-electron chi connectivity index (χ1n) is 5.49. The Labute approximate surface area is 114 Å². The Kier molecular flexibility index (Phi) is 3.83. The van der Waals surface area contributed by atoms with Crippen molar-refractivity contribution >= 4 is 17.7 Å². The molecular formula is C14H10N2O2S. The van der Waals surface area contributed by atoms with E-state index in [0.29, 0.717) is 10.6 Å². The van der Waals surface area contributed by atoms with Gasteiger partial charge in [-0.25, -0.2) is 9.78 Å². The summed E-state index contributed by atoms with van der Waals surface area (Å²) in [6, 6.07) is 10.6. The molecule has 0 aliphatic carbocycles. The number of aryl methyl sites for hydroxylation is 1. The van der Waals surface area contributed by atoms with E-state index in [1.165, 1.54) is 17.8 Å². The maximum Gasteiger partial charge on any atom is 0.338 e. The average molecular weight is 270 g/mol. The number of hydrogen-bond acceptors (Lipinski definition) is 4. The predicted molar refractivity (Wildman–Crippen MR) is 71.2 cm³/mol. The van der Waals surface area contributed by atoms with Gasteiger partial charge in [-0.15, -0.1) is 0 Å². The Hall–Kier alpha value is -2.32. The second-order valence-electron chi connectivity index (χ2n) is 3.83. The average Bonchev–Trinajstić information content (AvgIpc) is 2.41. The molecule has 0 bridgehead atoms. The van der Waals surface area contributed by atoms with Gasteiger partial charge in [0.15, 0.2) is 0 Å². The first-order valence-corrected chi connectivity index (χ1v) is 6.31. The third-order valence-corrected chi connectivity index (χ3v) is 3.80. The van der Waals surface area contributed by atoms with Crippen molar-refractivity contribution in [2.24, 2.45) is 0 Å². The van der Waals surface area contributed by atoms with E-state index in [0.717, 1.165) is 10.5 Å². The van der Waals surface area contributed by atoms with Crippen molar-refractivity contribution in [2.75, 3.05) is 0 Å². The molecule has 19 heavy (non-hydrogen) atoms. The van der Waals surface area contributed by atoms with E-state index in [1.54, 1.807) is 24.4 Å². The van der Waals surface area contributed by atoms with Crippen molar-refractivity contribution in [3.8, 4) is 6.07 Å². The second-order valence-corrected chi connectivity index (χ2v) is 4.83. The lowest BCUT2D eigenvalue weighted by atomic mass is 10.1. The zero-order valence-electron chi connectivity index (χ0n) is 10.1. The van der Waals surface area contributed by atoms with E-state index in [4.69, 9.17) is 10.4 Å². The predicted octanol–water partition coefficient (Wildman–Crippen LogP) is 3.11. The van der Waals surface area contributed by atoms with E-state index >= 15 is 0 Å². The SMILES string of the molecule is Cc1cccc(C#N)c1Sc1ncccc1C(=O)O. The molecule has 1 N–H and O–H groups in total. The Morgan fingerprint density at radius 2 is 2.16 bits per heavy atom.